The SMILES string of the molecule is CCCCc1nc(O)[c]c(O)c1-c1c(OC)cccc1OC. The van der Waals surface area contributed by atoms with Crippen LogP contribution < -0.4 is 9.47 Å². The van der Waals surface area contributed by atoms with Crippen molar-refractivity contribution in [1.82, 2.24) is 4.98 Å². The van der Waals surface area contributed by atoms with Crippen molar-refractivity contribution in [2.75, 3.05) is 14.2 Å². The van der Waals surface area contributed by atoms with E-state index in [1.807, 2.05) is 6.07 Å². The molecule has 1 aromatic carbocycles. The predicted molar refractivity (Wildman–Crippen MR) is 83.6 cm³/mol. The van der Waals surface area contributed by atoms with Gasteiger partial charge in [-0.1, -0.05) is 19.4 Å². The molecule has 0 bridgehead atoms. The number of pyridine rings is 1. The van der Waals surface area contributed by atoms with Gasteiger partial charge < -0.3 is 19.7 Å². The number of aromatic hydroxyl groups is 2. The van der Waals surface area contributed by atoms with E-state index in [4.69, 9.17) is 9.47 Å². The number of hydrogen-bond donors (Lipinski definition) is 2. The molecule has 0 amide bonds. The van der Waals surface area contributed by atoms with Gasteiger partial charge in [0.1, 0.15) is 17.2 Å². The van der Waals surface area contributed by atoms with Crippen molar-refractivity contribution >= 4 is 0 Å². The number of ether oxygens (including phenoxy) is 2. The van der Waals surface area contributed by atoms with Crippen LogP contribution in [0.2, 0.25) is 0 Å². The van der Waals surface area contributed by atoms with Crippen LogP contribution in [0.1, 0.15) is 25.5 Å². The van der Waals surface area contributed by atoms with Crippen LogP contribution in [0.15, 0.2) is 18.2 Å². The van der Waals surface area contributed by atoms with Gasteiger partial charge in [0.2, 0.25) is 5.88 Å². The Hall–Kier alpha value is -2.43. The molecule has 0 saturated carbocycles. The van der Waals surface area contributed by atoms with Crippen LogP contribution in [0.25, 0.3) is 11.1 Å². The molecule has 0 fully saturated rings. The first-order valence-corrected chi connectivity index (χ1v) is 7.17. The van der Waals surface area contributed by atoms with Gasteiger partial charge in [-0.15, -0.1) is 0 Å². The number of aromatic nitrogens is 1. The molecular formula is C17H20NO4. The maximum absolute atomic E-state index is 10.3. The number of rotatable bonds is 6. The van der Waals surface area contributed by atoms with Crippen molar-refractivity contribution in [3.63, 3.8) is 0 Å². The standard InChI is InChI=1S/C17H20NO4/c1-4-5-7-11-16(12(19)10-15(20)18-11)17-13(21-2)8-6-9-14(17)22-3/h6,8-9H,4-5,7H2,1-3H3,(H2,18,19,20). The summed E-state index contributed by atoms with van der Waals surface area (Å²) < 4.78 is 10.8. The minimum absolute atomic E-state index is 0.165. The highest BCUT2D eigenvalue weighted by molar-refractivity contribution is 5.82. The van der Waals surface area contributed by atoms with Crippen molar-refractivity contribution in [3.8, 4) is 34.3 Å². The molecule has 5 nitrogen and oxygen atoms in total. The molecule has 1 aromatic heterocycles. The summed E-state index contributed by atoms with van der Waals surface area (Å²) in [4.78, 5) is 4.13. The lowest BCUT2D eigenvalue weighted by molar-refractivity contribution is 0.395. The van der Waals surface area contributed by atoms with Gasteiger partial charge in [0.25, 0.3) is 0 Å². The molecule has 0 aliphatic rings. The van der Waals surface area contributed by atoms with Gasteiger partial charge in [-0.05, 0) is 25.0 Å². The quantitative estimate of drug-likeness (QED) is 0.856. The monoisotopic (exact) mass is 302 g/mol. The third kappa shape index (κ3) is 3.08. The lowest BCUT2D eigenvalue weighted by atomic mass is 9.98. The molecule has 0 atom stereocenters. The summed E-state index contributed by atoms with van der Waals surface area (Å²) in [5.41, 5.74) is 1.69. The van der Waals surface area contributed by atoms with Crippen molar-refractivity contribution in [2.24, 2.45) is 0 Å². The van der Waals surface area contributed by atoms with Crippen molar-refractivity contribution in [1.29, 1.82) is 0 Å². The predicted octanol–water partition coefficient (Wildman–Crippen LogP) is 3.32. The summed E-state index contributed by atoms with van der Waals surface area (Å²) in [5.74, 6) is 0.643. The molecule has 22 heavy (non-hydrogen) atoms. The number of aryl methyl sites for hydroxylation is 1. The minimum Gasteiger partial charge on any atom is -0.506 e. The fourth-order valence-electron chi connectivity index (χ4n) is 2.40. The third-order valence-corrected chi connectivity index (χ3v) is 3.44. The second kappa shape index (κ2) is 7.02. The van der Waals surface area contributed by atoms with Crippen LogP contribution in [0, 0.1) is 6.07 Å². The molecule has 2 N–H and O–H groups in total. The van der Waals surface area contributed by atoms with Crippen LogP contribution in [-0.2, 0) is 6.42 Å². The lowest BCUT2D eigenvalue weighted by Gasteiger charge is -2.17. The smallest absolute Gasteiger partial charge is 0.223 e. The summed E-state index contributed by atoms with van der Waals surface area (Å²) >= 11 is 0. The van der Waals surface area contributed by atoms with Gasteiger partial charge in [-0.2, -0.15) is 0 Å². The molecule has 2 rings (SSSR count). The highest BCUT2D eigenvalue weighted by Crippen LogP contribution is 2.44. The molecule has 1 radical (unpaired) electrons. The number of benzene rings is 1. The second-order valence-electron chi connectivity index (χ2n) is 4.87. The van der Waals surface area contributed by atoms with Gasteiger partial charge >= 0.3 is 0 Å². The molecule has 117 valence electrons. The van der Waals surface area contributed by atoms with E-state index in [2.05, 4.69) is 18.0 Å². The number of nitrogens with zero attached hydrogens (tertiary/aromatic N) is 1. The third-order valence-electron chi connectivity index (χ3n) is 3.44. The van der Waals surface area contributed by atoms with Crippen LogP contribution in [0.3, 0.4) is 0 Å². The summed E-state index contributed by atoms with van der Waals surface area (Å²) in [6.07, 6.45) is 2.49. The molecule has 0 aliphatic carbocycles. The molecule has 0 spiro atoms. The van der Waals surface area contributed by atoms with Gasteiger partial charge in [0, 0.05) is 0 Å². The zero-order valence-corrected chi connectivity index (χ0v) is 13.0. The molecule has 5 heteroatoms. The van der Waals surface area contributed by atoms with E-state index in [-0.39, 0.29) is 11.6 Å². The fraction of sp³-hybridized carbons (Fsp3) is 0.353. The van der Waals surface area contributed by atoms with Gasteiger partial charge in [-0.3, -0.25) is 0 Å². The van der Waals surface area contributed by atoms with Gasteiger partial charge in [-0.25, -0.2) is 4.98 Å². The average Bonchev–Trinajstić information content (AvgIpc) is 2.51. The van der Waals surface area contributed by atoms with Crippen molar-refractivity contribution in [3.05, 3.63) is 30.0 Å². The Morgan fingerprint density at radius 1 is 1.09 bits per heavy atom. The van der Waals surface area contributed by atoms with E-state index in [0.29, 0.717) is 34.7 Å². The van der Waals surface area contributed by atoms with Crippen LogP contribution in [-0.4, -0.2) is 29.4 Å². The minimum atomic E-state index is -0.318. The second-order valence-corrected chi connectivity index (χ2v) is 4.87. The summed E-state index contributed by atoms with van der Waals surface area (Å²) in [6.45, 7) is 2.07. The Balaban J connectivity index is 2.71. The molecule has 0 saturated heterocycles. The zero-order chi connectivity index (χ0) is 16.1. The number of unbranched alkanes of at least 4 members (excludes halogenated alkanes) is 1. The topological polar surface area (TPSA) is 71.8 Å². The Bertz CT molecular complexity index is 633. The molecule has 0 aliphatic heterocycles. The molecular weight excluding hydrogens is 282 g/mol. The normalized spacial score (nSPS) is 10.5. The van der Waals surface area contributed by atoms with Gasteiger partial charge in [0.15, 0.2) is 0 Å². The van der Waals surface area contributed by atoms with E-state index in [9.17, 15) is 10.2 Å². The Kier molecular flexibility index (Phi) is 5.09. The molecule has 0 unspecified atom stereocenters. The first kappa shape index (κ1) is 15.9. The summed E-state index contributed by atoms with van der Waals surface area (Å²) in [7, 11) is 3.11. The van der Waals surface area contributed by atoms with Crippen molar-refractivity contribution < 1.29 is 19.7 Å². The van der Waals surface area contributed by atoms with E-state index >= 15 is 0 Å². The number of hydrogen-bond acceptors (Lipinski definition) is 5. The zero-order valence-electron chi connectivity index (χ0n) is 13.0. The van der Waals surface area contributed by atoms with Gasteiger partial charge in [0.05, 0.1) is 37.1 Å². The fourth-order valence-corrected chi connectivity index (χ4v) is 2.40. The highest BCUT2D eigenvalue weighted by atomic mass is 16.5. The molecule has 2 aromatic rings. The highest BCUT2D eigenvalue weighted by Gasteiger charge is 2.21. The van der Waals surface area contributed by atoms with Crippen LogP contribution >= 0.6 is 0 Å². The molecule has 1 heterocycles. The summed E-state index contributed by atoms with van der Waals surface area (Å²) in [6, 6.07) is 7.82. The first-order chi connectivity index (χ1) is 10.6. The van der Waals surface area contributed by atoms with E-state index in [1.54, 1.807) is 26.4 Å². The Morgan fingerprint density at radius 3 is 2.27 bits per heavy atom. The first-order valence-electron chi connectivity index (χ1n) is 7.17. The summed E-state index contributed by atoms with van der Waals surface area (Å²) in [5, 5.41) is 19.9. The van der Waals surface area contributed by atoms with E-state index < -0.39 is 0 Å². The maximum atomic E-state index is 10.3. The Labute approximate surface area is 130 Å². The van der Waals surface area contributed by atoms with Crippen LogP contribution in [0.5, 0.6) is 23.1 Å². The number of methoxy groups -OCH3 is 2. The van der Waals surface area contributed by atoms with E-state index in [1.165, 1.54) is 0 Å². The lowest BCUT2D eigenvalue weighted by Crippen LogP contribution is -2.00. The average molecular weight is 302 g/mol. The largest absolute Gasteiger partial charge is 0.506 e. The van der Waals surface area contributed by atoms with E-state index in [0.717, 1.165) is 12.8 Å². The Morgan fingerprint density at radius 2 is 1.73 bits per heavy atom. The van der Waals surface area contributed by atoms with Crippen LogP contribution in [0.4, 0.5) is 0 Å². The van der Waals surface area contributed by atoms with Crippen molar-refractivity contribution in [2.45, 2.75) is 26.2 Å². The maximum Gasteiger partial charge on any atom is 0.223 e.